The summed E-state index contributed by atoms with van der Waals surface area (Å²) in [6.07, 6.45) is 3.12. The number of benzene rings is 1. The number of aromatic hydroxyl groups is 1. The average molecular weight is 235 g/mol. The number of carbonyl (C=O) groups excluding carboxylic acids is 1. The minimum atomic E-state index is -0.247. The van der Waals surface area contributed by atoms with E-state index in [1.54, 1.807) is 12.1 Å². The molecule has 2 N–H and O–H groups in total. The van der Waals surface area contributed by atoms with E-state index in [0.29, 0.717) is 5.75 Å². The van der Waals surface area contributed by atoms with Crippen LogP contribution in [0.5, 0.6) is 11.5 Å². The molecule has 1 saturated carbocycles. The molecule has 92 valence electrons. The van der Waals surface area contributed by atoms with Crippen molar-refractivity contribution in [3.63, 3.8) is 0 Å². The van der Waals surface area contributed by atoms with Gasteiger partial charge in [0, 0.05) is 5.54 Å². The van der Waals surface area contributed by atoms with Crippen LogP contribution in [-0.2, 0) is 0 Å². The standard InChI is InChI=1S/C13H17NO3/c1-13(6-3-7-13)14-12(16)10-8-9(17-2)4-5-11(10)15/h4-5,8,15H,3,6-7H2,1-2H3,(H,14,16). The van der Waals surface area contributed by atoms with Crippen LogP contribution in [0.3, 0.4) is 0 Å². The third-order valence-corrected chi connectivity index (χ3v) is 3.32. The van der Waals surface area contributed by atoms with E-state index in [-0.39, 0.29) is 22.8 Å². The van der Waals surface area contributed by atoms with Crippen LogP contribution in [0.4, 0.5) is 0 Å². The molecule has 0 unspecified atom stereocenters. The average Bonchev–Trinajstić information content (AvgIpc) is 2.27. The Morgan fingerprint density at radius 3 is 2.71 bits per heavy atom. The van der Waals surface area contributed by atoms with Crippen molar-refractivity contribution in [1.29, 1.82) is 0 Å². The Morgan fingerprint density at radius 2 is 2.18 bits per heavy atom. The normalized spacial score (nSPS) is 17.1. The molecule has 2 rings (SSSR count). The van der Waals surface area contributed by atoms with Gasteiger partial charge in [0.05, 0.1) is 12.7 Å². The maximum atomic E-state index is 12.0. The van der Waals surface area contributed by atoms with Gasteiger partial charge in [-0.15, -0.1) is 0 Å². The van der Waals surface area contributed by atoms with Gasteiger partial charge in [-0.3, -0.25) is 4.79 Å². The third-order valence-electron chi connectivity index (χ3n) is 3.32. The molecular formula is C13H17NO3. The van der Waals surface area contributed by atoms with E-state index in [2.05, 4.69) is 5.32 Å². The summed E-state index contributed by atoms with van der Waals surface area (Å²) in [6, 6.07) is 4.64. The first-order valence-corrected chi connectivity index (χ1v) is 5.74. The summed E-state index contributed by atoms with van der Waals surface area (Å²) >= 11 is 0. The van der Waals surface area contributed by atoms with Gasteiger partial charge in [0.25, 0.3) is 5.91 Å². The molecule has 4 nitrogen and oxygen atoms in total. The van der Waals surface area contributed by atoms with Crippen LogP contribution >= 0.6 is 0 Å². The topological polar surface area (TPSA) is 58.6 Å². The van der Waals surface area contributed by atoms with E-state index in [1.165, 1.54) is 13.2 Å². The Hall–Kier alpha value is -1.71. The molecule has 0 radical (unpaired) electrons. The fourth-order valence-corrected chi connectivity index (χ4v) is 2.00. The van der Waals surface area contributed by atoms with Crippen LogP contribution in [0.1, 0.15) is 36.5 Å². The van der Waals surface area contributed by atoms with Crippen LogP contribution in [0.25, 0.3) is 0 Å². The van der Waals surface area contributed by atoms with Crippen LogP contribution < -0.4 is 10.1 Å². The predicted octanol–water partition coefficient (Wildman–Crippen LogP) is 2.07. The van der Waals surface area contributed by atoms with Crippen molar-refractivity contribution in [2.75, 3.05) is 7.11 Å². The smallest absolute Gasteiger partial charge is 0.255 e. The molecule has 0 atom stereocenters. The Balaban J connectivity index is 2.18. The van der Waals surface area contributed by atoms with Gasteiger partial charge in [0.1, 0.15) is 11.5 Å². The van der Waals surface area contributed by atoms with Crippen molar-refractivity contribution in [2.24, 2.45) is 0 Å². The van der Waals surface area contributed by atoms with Gasteiger partial charge in [-0.05, 0) is 44.4 Å². The van der Waals surface area contributed by atoms with E-state index in [9.17, 15) is 9.90 Å². The Kier molecular flexibility index (Phi) is 2.96. The monoisotopic (exact) mass is 235 g/mol. The zero-order valence-corrected chi connectivity index (χ0v) is 10.1. The van der Waals surface area contributed by atoms with Crippen molar-refractivity contribution in [2.45, 2.75) is 31.7 Å². The van der Waals surface area contributed by atoms with E-state index >= 15 is 0 Å². The molecule has 1 amide bonds. The maximum Gasteiger partial charge on any atom is 0.255 e. The minimum Gasteiger partial charge on any atom is -0.507 e. The summed E-state index contributed by atoms with van der Waals surface area (Å²) in [5, 5.41) is 12.6. The largest absolute Gasteiger partial charge is 0.507 e. The lowest BCUT2D eigenvalue weighted by atomic mass is 9.78. The third kappa shape index (κ3) is 2.35. The number of amides is 1. The van der Waals surface area contributed by atoms with Gasteiger partial charge < -0.3 is 15.2 Å². The molecule has 17 heavy (non-hydrogen) atoms. The van der Waals surface area contributed by atoms with Crippen molar-refractivity contribution < 1.29 is 14.6 Å². The molecule has 0 bridgehead atoms. The first-order valence-electron chi connectivity index (χ1n) is 5.74. The van der Waals surface area contributed by atoms with Gasteiger partial charge in [0.15, 0.2) is 0 Å². The highest BCUT2D eigenvalue weighted by Crippen LogP contribution is 2.32. The lowest BCUT2D eigenvalue weighted by Crippen LogP contribution is -2.50. The van der Waals surface area contributed by atoms with Gasteiger partial charge >= 0.3 is 0 Å². The second-order valence-electron chi connectivity index (χ2n) is 4.75. The quantitative estimate of drug-likeness (QED) is 0.843. The van der Waals surface area contributed by atoms with Crippen LogP contribution in [0.2, 0.25) is 0 Å². The second kappa shape index (κ2) is 4.28. The van der Waals surface area contributed by atoms with Crippen molar-refractivity contribution >= 4 is 5.91 Å². The second-order valence-corrected chi connectivity index (χ2v) is 4.75. The number of methoxy groups -OCH3 is 1. The number of phenolic OH excluding ortho intramolecular Hbond substituents is 1. The summed E-state index contributed by atoms with van der Waals surface area (Å²) in [6.45, 7) is 2.02. The van der Waals surface area contributed by atoms with E-state index < -0.39 is 0 Å². The molecule has 1 aromatic rings. The van der Waals surface area contributed by atoms with Crippen LogP contribution in [-0.4, -0.2) is 23.7 Å². The Morgan fingerprint density at radius 1 is 1.47 bits per heavy atom. The van der Waals surface area contributed by atoms with E-state index in [0.717, 1.165) is 19.3 Å². The number of hydrogen-bond acceptors (Lipinski definition) is 3. The lowest BCUT2D eigenvalue weighted by Gasteiger charge is -2.39. The van der Waals surface area contributed by atoms with Gasteiger partial charge in [-0.25, -0.2) is 0 Å². The number of rotatable bonds is 3. The fourth-order valence-electron chi connectivity index (χ4n) is 2.00. The molecule has 0 aliphatic heterocycles. The molecular weight excluding hydrogens is 218 g/mol. The number of carbonyl (C=O) groups is 1. The zero-order chi connectivity index (χ0) is 12.5. The number of nitrogens with one attached hydrogen (secondary N) is 1. The van der Waals surface area contributed by atoms with Gasteiger partial charge in [-0.1, -0.05) is 0 Å². The highest BCUT2D eigenvalue weighted by Gasteiger charge is 2.33. The maximum absolute atomic E-state index is 12.0. The van der Waals surface area contributed by atoms with Crippen molar-refractivity contribution in [3.05, 3.63) is 23.8 Å². The first kappa shape index (κ1) is 11.8. The van der Waals surface area contributed by atoms with Crippen LogP contribution in [0, 0.1) is 0 Å². The molecule has 4 heteroatoms. The number of ether oxygens (including phenoxy) is 1. The molecule has 1 aliphatic carbocycles. The lowest BCUT2D eigenvalue weighted by molar-refractivity contribution is 0.0847. The van der Waals surface area contributed by atoms with Crippen molar-refractivity contribution in [1.82, 2.24) is 5.32 Å². The summed E-state index contributed by atoms with van der Waals surface area (Å²) in [5.74, 6) is 0.293. The van der Waals surface area contributed by atoms with Crippen LogP contribution in [0.15, 0.2) is 18.2 Å². The van der Waals surface area contributed by atoms with Gasteiger partial charge in [0.2, 0.25) is 0 Å². The molecule has 0 saturated heterocycles. The molecule has 1 aliphatic rings. The summed E-state index contributed by atoms with van der Waals surface area (Å²) < 4.78 is 5.04. The van der Waals surface area contributed by atoms with Gasteiger partial charge in [-0.2, -0.15) is 0 Å². The zero-order valence-electron chi connectivity index (χ0n) is 10.1. The first-order chi connectivity index (χ1) is 8.04. The molecule has 0 spiro atoms. The number of hydrogen-bond donors (Lipinski definition) is 2. The summed E-state index contributed by atoms with van der Waals surface area (Å²) in [4.78, 5) is 12.0. The van der Waals surface area contributed by atoms with E-state index in [1.807, 2.05) is 6.92 Å². The SMILES string of the molecule is COc1ccc(O)c(C(=O)NC2(C)CCC2)c1. The summed E-state index contributed by atoms with van der Waals surface area (Å²) in [5.41, 5.74) is 0.143. The minimum absolute atomic E-state index is 0.0220. The number of phenols is 1. The summed E-state index contributed by atoms with van der Waals surface area (Å²) in [7, 11) is 1.53. The highest BCUT2D eigenvalue weighted by molar-refractivity contribution is 5.97. The molecule has 0 aromatic heterocycles. The fraction of sp³-hybridized carbons (Fsp3) is 0.462. The molecule has 1 fully saturated rings. The molecule has 1 aromatic carbocycles. The predicted molar refractivity (Wildman–Crippen MR) is 64.4 cm³/mol. The highest BCUT2D eigenvalue weighted by atomic mass is 16.5. The molecule has 0 heterocycles. The van der Waals surface area contributed by atoms with E-state index in [4.69, 9.17) is 4.74 Å². The van der Waals surface area contributed by atoms with Crippen molar-refractivity contribution in [3.8, 4) is 11.5 Å². The Bertz CT molecular complexity index is 438. The Labute approximate surface area is 101 Å².